The molecule has 1 amide bonds. The molecule has 1 N–H and O–H groups in total. The highest BCUT2D eigenvalue weighted by atomic mass is 32.1. The summed E-state index contributed by atoms with van der Waals surface area (Å²) in [4.78, 5) is 25.8. The zero-order valence-electron chi connectivity index (χ0n) is 15.9. The maximum atomic E-state index is 12.5. The Morgan fingerprint density at radius 1 is 1.19 bits per heavy atom. The molecular formula is C21H25NO3S. The van der Waals surface area contributed by atoms with Crippen LogP contribution in [0.3, 0.4) is 0 Å². The molecule has 5 heteroatoms. The second-order valence-corrected chi connectivity index (χ2v) is 7.61. The number of rotatable bonds is 6. The molecule has 0 spiro atoms. The predicted molar refractivity (Wildman–Crippen MR) is 108 cm³/mol. The highest BCUT2D eigenvalue weighted by molar-refractivity contribution is 7.16. The fraction of sp³-hybridized carbons (Fsp3) is 0.333. The largest absolute Gasteiger partial charge is 0.459 e. The molecular weight excluding hydrogens is 346 g/mol. The van der Waals surface area contributed by atoms with Crippen LogP contribution in [0.2, 0.25) is 0 Å². The first kappa shape index (κ1) is 19.9. The van der Waals surface area contributed by atoms with E-state index in [1.54, 1.807) is 6.08 Å². The number of esters is 1. The van der Waals surface area contributed by atoms with E-state index < -0.39 is 0 Å². The van der Waals surface area contributed by atoms with Crippen LogP contribution in [0, 0.1) is 13.8 Å². The van der Waals surface area contributed by atoms with Crippen LogP contribution in [0.1, 0.15) is 52.7 Å². The number of carbonyl (C=O) groups is 2. The van der Waals surface area contributed by atoms with E-state index >= 15 is 0 Å². The van der Waals surface area contributed by atoms with Crippen LogP contribution in [0.25, 0.3) is 6.08 Å². The first-order valence-corrected chi connectivity index (χ1v) is 9.52. The number of anilines is 1. The molecule has 1 aromatic heterocycles. The molecule has 26 heavy (non-hydrogen) atoms. The van der Waals surface area contributed by atoms with Crippen molar-refractivity contribution >= 4 is 34.3 Å². The molecule has 0 fully saturated rings. The van der Waals surface area contributed by atoms with Crippen LogP contribution in [0.5, 0.6) is 0 Å². The minimum Gasteiger partial charge on any atom is -0.459 e. The fourth-order valence-corrected chi connectivity index (χ4v) is 3.72. The van der Waals surface area contributed by atoms with Crippen LogP contribution in [0.15, 0.2) is 30.3 Å². The Morgan fingerprint density at radius 3 is 2.42 bits per heavy atom. The zero-order valence-corrected chi connectivity index (χ0v) is 16.7. The lowest BCUT2D eigenvalue weighted by molar-refractivity contribution is -0.111. The summed E-state index contributed by atoms with van der Waals surface area (Å²) in [6, 6.07) is 7.89. The zero-order chi connectivity index (χ0) is 19.3. The van der Waals surface area contributed by atoms with Gasteiger partial charge in [0.1, 0.15) is 5.00 Å². The standard InChI is InChI=1S/C21H25NO3S/c1-6-17-15(5)26-20(19(17)21(24)25-13(2)3)22-18(23)12-11-16-9-7-14(4)8-10-16/h7-13H,6H2,1-5H3,(H,22,23). The number of hydrogen-bond acceptors (Lipinski definition) is 4. The van der Waals surface area contributed by atoms with Gasteiger partial charge in [-0.1, -0.05) is 36.8 Å². The third-order valence-corrected chi connectivity index (χ3v) is 4.91. The van der Waals surface area contributed by atoms with Gasteiger partial charge in [-0.25, -0.2) is 4.79 Å². The maximum absolute atomic E-state index is 12.5. The molecule has 0 aliphatic heterocycles. The molecule has 1 aromatic carbocycles. The summed E-state index contributed by atoms with van der Waals surface area (Å²) < 4.78 is 5.35. The first-order valence-electron chi connectivity index (χ1n) is 8.70. The van der Waals surface area contributed by atoms with Crippen molar-refractivity contribution in [3.8, 4) is 0 Å². The number of aryl methyl sites for hydroxylation is 2. The number of ether oxygens (including phenoxy) is 1. The molecule has 0 aliphatic carbocycles. The van der Waals surface area contributed by atoms with Gasteiger partial charge in [-0.05, 0) is 51.3 Å². The van der Waals surface area contributed by atoms with Crippen LogP contribution in [-0.4, -0.2) is 18.0 Å². The topological polar surface area (TPSA) is 55.4 Å². The Hall–Kier alpha value is -2.40. The Labute approximate surface area is 158 Å². The summed E-state index contributed by atoms with van der Waals surface area (Å²) in [5.74, 6) is -0.660. The van der Waals surface area contributed by atoms with Gasteiger partial charge in [-0.3, -0.25) is 4.79 Å². The Bertz CT molecular complexity index is 817. The van der Waals surface area contributed by atoms with Crippen LogP contribution in [0.4, 0.5) is 5.00 Å². The molecule has 0 saturated carbocycles. The summed E-state index contributed by atoms with van der Waals surface area (Å²) in [6.07, 6.45) is 3.72. The molecule has 0 unspecified atom stereocenters. The molecule has 1 heterocycles. The number of benzene rings is 1. The Morgan fingerprint density at radius 2 is 1.85 bits per heavy atom. The van der Waals surface area contributed by atoms with Crippen LogP contribution < -0.4 is 5.32 Å². The highest BCUT2D eigenvalue weighted by Crippen LogP contribution is 2.34. The summed E-state index contributed by atoms with van der Waals surface area (Å²) in [5.41, 5.74) is 3.52. The molecule has 138 valence electrons. The van der Waals surface area contributed by atoms with Gasteiger partial charge < -0.3 is 10.1 Å². The number of thiophene rings is 1. The molecule has 0 atom stereocenters. The van der Waals surface area contributed by atoms with Crippen molar-refractivity contribution in [1.82, 2.24) is 0 Å². The van der Waals surface area contributed by atoms with Gasteiger partial charge in [0.15, 0.2) is 0 Å². The van der Waals surface area contributed by atoms with E-state index in [2.05, 4.69) is 5.32 Å². The van der Waals surface area contributed by atoms with E-state index in [0.717, 1.165) is 16.0 Å². The predicted octanol–water partition coefficient (Wildman–Crippen LogP) is 5.14. The lowest BCUT2D eigenvalue weighted by atomic mass is 10.1. The van der Waals surface area contributed by atoms with Gasteiger partial charge in [0.2, 0.25) is 5.91 Å². The fourth-order valence-electron chi connectivity index (χ4n) is 2.58. The molecule has 0 saturated heterocycles. The monoisotopic (exact) mass is 371 g/mol. The van der Waals surface area contributed by atoms with E-state index in [0.29, 0.717) is 17.0 Å². The lowest BCUT2D eigenvalue weighted by Gasteiger charge is -2.10. The SMILES string of the molecule is CCc1c(C)sc(NC(=O)C=Cc2ccc(C)cc2)c1C(=O)OC(C)C. The van der Waals surface area contributed by atoms with Gasteiger partial charge in [0, 0.05) is 11.0 Å². The van der Waals surface area contributed by atoms with Crippen molar-refractivity contribution in [2.24, 2.45) is 0 Å². The Balaban J connectivity index is 2.21. The first-order chi connectivity index (χ1) is 12.3. The second kappa shape index (κ2) is 8.81. The van der Waals surface area contributed by atoms with Gasteiger partial charge in [-0.15, -0.1) is 11.3 Å². The quantitative estimate of drug-likeness (QED) is 0.565. The van der Waals surface area contributed by atoms with Crippen LogP contribution in [-0.2, 0) is 16.0 Å². The molecule has 4 nitrogen and oxygen atoms in total. The maximum Gasteiger partial charge on any atom is 0.341 e. The summed E-state index contributed by atoms with van der Waals surface area (Å²) in [7, 11) is 0. The summed E-state index contributed by atoms with van der Waals surface area (Å²) in [5, 5.41) is 3.38. The number of carbonyl (C=O) groups excluding carboxylic acids is 2. The summed E-state index contributed by atoms with van der Waals surface area (Å²) >= 11 is 1.41. The molecule has 0 radical (unpaired) electrons. The van der Waals surface area contributed by atoms with Crippen LogP contribution >= 0.6 is 11.3 Å². The van der Waals surface area contributed by atoms with Gasteiger partial charge >= 0.3 is 5.97 Å². The molecule has 2 rings (SSSR count). The van der Waals surface area contributed by atoms with Gasteiger partial charge in [-0.2, -0.15) is 0 Å². The van der Waals surface area contributed by atoms with Crippen molar-refractivity contribution in [1.29, 1.82) is 0 Å². The van der Waals surface area contributed by atoms with Crippen molar-refractivity contribution < 1.29 is 14.3 Å². The van der Waals surface area contributed by atoms with Crippen molar-refractivity contribution in [2.75, 3.05) is 5.32 Å². The minimum atomic E-state index is -0.390. The van der Waals surface area contributed by atoms with E-state index in [1.807, 2.05) is 58.9 Å². The minimum absolute atomic E-state index is 0.211. The number of hydrogen-bond donors (Lipinski definition) is 1. The normalized spacial score (nSPS) is 11.2. The average Bonchev–Trinajstić information content (AvgIpc) is 2.88. The van der Waals surface area contributed by atoms with Gasteiger partial charge in [0.05, 0.1) is 11.7 Å². The highest BCUT2D eigenvalue weighted by Gasteiger charge is 2.23. The number of nitrogens with one attached hydrogen (secondary N) is 1. The smallest absolute Gasteiger partial charge is 0.341 e. The van der Waals surface area contributed by atoms with Gasteiger partial charge in [0.25, 0.3) is 0 Å². The van der Waals surface area contributed by atoms with Crippen molar-refractivity contribution in [3.63, 3.8) is 0 Å². The van der Waals surface area contributed by atoms with E-state index in [1.165, 1.54) is 23.0 Å². The average molecular weight is 372 g/mol. The van der Waals surface area contributed by atoms with E-state index in [-0.39, 0.29) is 18.0 Å². The van der Waals surface area contributed by atoms with E-state index in [4.69, 9.17) is 4.74 Å². The third-order valence-electron chi connectivity index (χ3n) is 3.85. The Kier molecular flexibility index (Phi) is 6.75. The molecule has 0 bridgehead atoms. The molecule has 0 aliphatic rings. The lowest BCUT2D eigenvalue weighted by Crippen LogP contribution is -2.16. The van der Waals surface area contributed by atoms with Crippen molar-refractivity contribution in [2.45, 2.75) is 47.1 Å². The molecule has 2 aromatic rings. The third kappa shape index (κ3) is 5.05. The summed E-state index contributed by atoms with van der Waals surface area (Å²) in [6.45, 7) is 9.58. The van der Waals surface area contributed by atoms with Crippen molar-refractivity contribution in [3.05, 3.63) is 57.5 Å². The second-order valence-electron chi connectivity index (χ2n) is 6.38. The van der Waals surface area contributed by atoms with E-state index in [9.17, 15) is 9.59 Å². The number of amides is 1.